The number of unbranched alkanes of at least 4 members (excludes halogenated alkanes) is 1. The number of halogens is 1. The van der Waals surface area contributed by atoms with E-state index in [1.807, 2.05) is 0 Å². The van der Waals surface area contributed by atoms with Gasteiger partial charge in [-0.3, -0.25) is 19.4 Å². The normalized spacial score (nSPS) is 21.9. The van der Waals surface area contributed by atoms with E-state index in [4.69, 9.17) is 0 Å². The summed E-state index contributed by atoms with van der Waals surface area (Å²) < 4.78 is 0. The van der Waals surface area contributed by atoms with Crippen LogP contribution in [0.4, 0.5) is 0 Å². The second-order valence-corrected chi connectivity index (χ2v) is 8.85. The smallest absolute Gasteiger partial charge is 0.229 e. The highest BCUT2D eigenvalue weighted by molar-refractivity contribution is 5.98. The molecule has 158 valence electrons. The van der Waals surface area contributed by atoms with Crippen molar-refractivity contribution in [3.63, 3.8) is 0 Å². The summed E-state index contributed by atoms with van der Waals surface area (Å²) in [7, 11) is 0. The van der Waals surface area contributed by atoms with Crippen LogP contribution >= 0.6 is 12.4 Å². The summed E-state index contributed by atoms with van der Waals surface area (Å²) in [5, 5.41) is 0. The SMILES string of the molecule is Cl.O=C1CC2(CCCC2)CC(=O)N1CCCCN1CC=C(c2ccccc2)CC1. The van der Waals surface area contributed by atoms with Crippen LogP contribution in [0.25, 0.3) is 5.57 Å². The molecule has 1 aliphatic carbocycles. The first-order valence-electron chi connectivity index (χ1n) is 11.0. The predicted molar refractivity (Wildman–Crippen MR) is 119 cm³/mol. The van der Waals surface area contributed by atoms with E-state index >= 15 is 0 Å². The molecule has 2 aliphatic heterocycles. The van der Waals surface area contributed by atoms with Crippen LogP contribution in [0, 0.1) is 5.41 Å². The number of rotatable bonds is 6. The molecule has 2 heterocycles. The second kappa shape index (κ2) is 9.90. The molecule has 0 bridgehead atoms. The van der Waals surface area contributed by atoms with Crippen molar-refractivity contribution in [1.82, 2.24) is 9.80 Å². The van der Waals surface area contributed by atoms with E-state index in [9.17, 15) is 9.59 Å². The molecule has 2 fully saturated rings. The summed E-state index contributed by atoms with van der Waals surface area (Å²) in [6, 6.07) is 10.6. The minimum atomic E-state index is 0. The molecule has 2 amide bonds. The Labute approximate surface area is 180 Å². The van der Waals surface area contributed by atoms with E-state index in [1.54, 1.807) is 4.90 Å². The van der Waals surface area contributed by atoms with Crippen LogP contribution in [-0.4, -0.2) is 47.8 Å². The third kappa shape index (κ3) is 5.29. The number of hydrogen-bond donors (Lipinski definition) is 0. The molecule has 29 heavy (non-hydrogen) atoms. The highest BCUT2D eigenvalue weighted by Crippen LogP contribution is 2.46. The molecule has 0 N–H and O–H groups in total. The number of nitrogens with zero attached hydrogens (tertiary/aromatic N) is 2. The monoisotopic (exact) mass is 416 g/mol. The zero-order valence-corrected chi connectivity index (χ0v) is 18.1. The van der Waals surface area contributed by atoms with Crippen molar-refractivity contribution in [3.05, 3.63) is 42.0 Å². The van der Waals surface area contributed by atoms with Crippen LogP contribution in [0.1, 0.15) is 63.4 Å². The molecular formula is C24H33ClN2O2. The number of piperidine rings is 1. The Balaban J connectivity index is 0.00000240. The first-order valence-corrected chi connectivity index (χ1v) is 11.0. The maximum Gasteiger partial charge on any atom is 0.229 e. The first kappa shape index (κ1) is 22.0. The number of carbonyl (C=O) groups is 2. The Morgan fingerprint density at radius 2 is 1.55 bits per heavy atom. The summed E-state index contributed by atoms with van der Waals surface area (Å²) >= 11 is 0. The van der Waals surface area contributed by atoms with Gasteiger partial charge in [-0.05, 0) is 55.2 Å². The van der Waals surface area contributed by atoms with Gasteiger partial charge >= 0.3 is 0 Å². The van der Waals surface area contributed by atoms with E-state index in [2.05, 4.69) is 41.3 Å². The van der Waals surface area contributed by atoms with Crippen LogP contribution in [0.15, 0.2) is 36.4 Å². The van der Waals surface area contributed by atoms with E-state index in [1.165, 1.54) is 24.0 Å². The molecule has 1 saturated heterocycles. The maximum atomic E-state index is 12.5. The van der Waals surface area contributed by atoms with Gasteiger partial charge in [0.15, 0.2) is 0 Å². The summed E-state index contributed by atoms with van der Waals surface area (Å²) in [5.41, 5.74) is 2.80. The molecule has 1 aromatic rings. The molecule has 0 aromatic heterocycles. The van der Waals surface area contributed by atoms with E-state index in [0.717, 1.165) is 51.7 Å². The van der Waals surface area contributed by atoms with Gasteiger partial charge in [0.25, 0.3) is 0 Å². The Hall–Kier alpha value is -1.65. The highest BCUT2D eigenvalue weighted by atomic mass is 35.5. The van der Waals surface area contributed by atoms with Gasteiger partial charge < -0.3 is 0 Å². The van der Waals surface area contributed by atoms with Gasteiger partial charge in [-0.2, -0.15) is 0 Å². The number of amides is 2. The first-order chi connectivity index (χ1) is 13.7. The summed E-state index contributed by atoms with van der Waals surface area (Å²) in [4.78, 5) is 29.1. The van der Waals surface area contributed by atoms with Crippen LogP contribution < -0.4 is 0 Å². The zero-order valence-electron chi connectivity index (χ0n) is 17.3. The van der Waals surface area contributed by atoms with E-state index in [0.29, 0.717) is 19.4 Å². The Morgan fingerprint density at radius 3 is 2.17 bits per heavy atom. The van der Waals surface area contributed by atoms with E-state index in [-0.39, 0.29) is 29.6 Å². The largest absolute Gasteiger partial charge is 0.299 e. The Bertz CT molecular complexity index is 721. The summed E-state index contributed by atoms with van der Waals surface area (Å²) in [5.74, 6) is 0.151. The Kier molecular flexibility index (Phi) is 7.53. The van der Waals surface area contributed by atoms with Gasteiger partial charge in [-0.15, -0.1) is 12.4 Å². The van der Waals surface area contributed by atoms with Gasteiger partial charge in [-0.1, -0.05) is 49.2 Å². The third-order valence-electron chi connectivity index (χ3n) is 6.86. The van der Waals surface area contributed by atoms with Gasteiger partial charge in [0.05, 0.1) is 0 Å². The van der Waals surface area contributed by atoms with Gasteiger partial charge in [0, 0.05) is 32.5 Å². The van der Waals surface area contributed by atoms with Crippen molar-refractivity contribution in [2.75, 3.05) is 26.2 Å². The van der Waals surface area contributed by atoms with Crippen molar-refractivity contribution in [1.29, 1.82) is 0 Å². The average Bonchev–Trinajstić information content (AvgIpc) is 3.15. The highest BCUT2D eigenvalue weighted by Gasteiger charge is 2.44. The topological polar surface area (TPSA) is 40.6 Å². The summed E-state index contributed by atoms with van der Waals surface area (Å²) in [6.45, 7) is 3.73. The van der Waals surface area contributed by atoms with Crippen LogP contribution in [0.2, 0.25) is 0 Å². The molecule has 3 aliphatic rings. The van der Waals surface area contributed by atoms with Crippen molar-refractivity contribution < 1.29 is 9.59 Å². The zero-order chi connectivity index (χ0) is 19.4. The molecule has 1 saturated carbocycles. The fourth-order valence-corrected chi connectivity index (χ4v) is 5.20. The maximum absolute atomic E-state index is 12.5. The van der Waals surface area contributed by atoms with Crippen molar-refractivity contribution in [2.45, 2.75) is 57.8 Å². The number of imide groups is 1. The second-order valence-electron chi connectivity index (χ2n) is 8.85. The molecule has 0 atom stereocenters. The van der Waals surface area contributed by atoms with Crippen LogP contribution in [0.5, 0.6) is 0 Å². The molecule has 5 heteroatoms. The molecule has 0 radical (unpaired) electrons. The standard InChI is InChI=1S/C24H32N2O2.ClH/c27-22-18-24(12-4-5-13-24)19-23(28)26(22)15-7-6-14-25-16-10-21(11-17-25)20-8-2-1-3-9-20;/h1-3,8-10H,4-7,11-19H2;1H. The predicted octanol–water partition coefficient (Wildman–Crippen LogP) is 4.69. The van der Waals surface area contributed by atoms with Crippen LogP contribution in [-0.2, 0) is 9.59 Å². The van der Waals surface area contributed by atoms with Gasteiger partial charge in [0.2, 0.25) is 11.8 Å². The third-order valence-corrected chi connectivity index (χ3v) is 6.86. The molecular weight excluding hydrogens is 384 g/mol. The lowest BCUT2D eigenvalue weighted by Gasteiger charge is -2.37. The Morgan fingerprint density at radius 1 is 0.897 bits per heavy atom. The lowest BCUT2D eigenvalue weighted by Crippen LogP contribution is -2.47. The van der Waals surface area contributed by atoms with Crippen molar-refractivity contribution in [3.8, 4) is 0 Å². The minimum Gasteiger partial charge on any atom is -0.299 e. The van der Waals surface area contributed by atoms with Gasteiger partial charge in [-0.25, -0.2) is 0 Å². The van der Waals surface area contributed by atoms with Crippen LogP contribution in [0.3, 0.4) is 0 Å². The van der Waals surface area contributed by atoms with Gasteiger partial charge in [0.1, 0.15) is 0 Å². The fraction of sp³-hybridized carbons (Fsp3) is 0.583. The lowest BCUT2D eigenvalue weighted by molar-refractivity contribution is -0.153. The number of benzene rings is 1. The molecule has 1 aromatic carbocycles. The molecule has 4 nitrogen and oxygen atoms in total. The number of carbonyl (C=O) groups excluding carboxylic acids is 2. The summed E-state index contributed by atoms with van der Waals surface area (Å²) in [6.07, 6.45) is 11.1. The van der Waals surface area contributed by atoms with Crippen molar-refractivity contribution in [2.24, 2.45) is 5.41 Å². The molecule has 4 rings (SSSR count). The number of likely N-dealkylation sites (tertiary alicyclic amines) is 1. The molecule has 0 unspecified atom stereocenters. The minimum absolute atomic E-state index is 0. The fourth-order valence-electron chi connectivity index (χ4n) is 5.20. The quantitative estimate of drug-likeness (QED) is 0.499. The lowest BCUT2D eigenvalue weighted by atomic mass is 9.76. The van der Waals surface area contributed by atoms with Crippen molar-refractivity contribution >= 4 is 29.8 Å². The number of hydrogen-bond acceptors (Lipinski definition) is 3. The molecule has 1 spiro atoms. The average molecular weight is 417 g/mol. The van der Waals surface area contributed by atoms with E-state index < -0.39 is 0 Å².